The maximum absolute atomic E-state index is 13.0. The van der Waals surface area contributed by atoms with Gasteiger partial charge in [-0.3, -0.25) is 0 Å². The van der Waals surface area contributed by atoms with Gasteiger partial charge in [-0.2, -0.15) is 4.39 Å². The van der Waals surface area contributed by atoms with E-state index in [1.807, 2.05) is 0 Å². The van der Waals surface area contributed by atoms with Gasteiger partial charge in [-0.25, -0.2) is 18.6 Å². The highest BCUT2D eigenvalue weighted by Gasteiger charge is 2.19. The minimum absolute atomic E-state index is 0.266. The Morgan fingerprint density at radius 3 is 2.60 bits per heavy atom. The van der Waals surface area contributed by atoms with Crippen LogP contribution in [0.3, 0.4) is 0 Å². The molecule has 3 nitrogen and oxygen atoms in total. The predicted molar refractivity (Wildman–Crippen MR) is 45.2 cm³/mol. The fraction of sp³-hybridized carbons (Fsp3) is 0.333. The average molecular weight is 219 g/mol. The molecule has 1 aromatic rings. The number of alkyl halides is 2. The summed E-state index contributed by atoms with van der Waals surface area (Å²) in [5.41, 5.74) is -1.28. The van der Waals surface area contributed by atoms with Gasteiger partial charge in [0.25, 0.3) is 6.43 Å². The second-order valence-electron chi connectivity index (χ2n) is 2.80. The van der Waals surface area contributed by atoms with Gasteiger partial charge in [-0.15, -0.1) is 0 Å². The summed E-state index contributed by atoms with van der Waals surface area (Å²) < 4.78 is 42.1. The highest BCUT2D eigenvalue weighted by Crippen LogP contribution is 2.24. The van der Waals surface area contributed by atoms with Crippen LogP contribution < -0.4 is 0 Å². The number of hydrogen-bond donors (Lipinski definition) is 0. The van der Waals surface area contributed by atoms with Crippen LogP contribution in [0.1, 0.15) is 28.0 Å². The maximum atomic E-state index is 13.0. The predicted octanol–water partition coefficient (Wildman–Crippen LogP) is 2.25. The SMILES string of the molecule is COC(=O)c1cc(C(F)F)c(C)c(F)n1. The number of hydrogen-bond acceptors (Lipinski definition) is 3. The standard InChI is InChI=1S/C9H8F3NO2/c1-4-5(7(10)11)3-6(9(14)15-2)13-8(4)12/h3,7H,1-2H3. The molecule has 0 aliphatic rings. The van der Waals surface area contributed by atoms with Crippen LogP contribution in [-0.2, 0) is 4.74 Å². The Hall–Kier alpha value is -1.59. The van der Waals surface area contributed by atoms with Crippen molar-refractivity contribution in [3.8, 4) is 0 Å². The van der Waals surface area contributed by atoms with E-state index < -0.39 is 29.6 Å². The number of ether oxygens (including phenoxy) is 1. The van der Waals surface area contributed by atoms with Crippen LogP contribution in [0.2, 0.25) is 0 Å². The third-order valence-corrected chi connectivity index (χ3v) is 1.88. The third-order valence-electron chi connectivity index (χ3n) is 1.88. The van der Waals surface area contributed by atoms with Crippen molar-refractivity contribution in [3.05, 3.63) is 28.8 Å². The quantitative estimate of drug-likeness (QED) is 0.565. The molecule has 0 aliphatic heterocycles. The van der Waals surface area contributed by atoms with Crippen LogP contribution in [0.5, 0.6) is 0 Å². The van der Waals surface area contributed by atoms with Gasteiger partial charge in [0.2, 0.25) is 5.95 Å². The normalized spacial score (nSPS) is 10.5. The highest BCUT2D eigenvalue weighted by atomic mass is 19.3. The smallest absolute Gasteiger partial charge is 0.356 e. The van der Waals surface area contributed by atoms with E-state index in [2.05, 4.69) is 9.72 Å². The third kappa shape index (κ3) is 2.26. The van der Waals surface area contributed by atoms with Crippen molar-refractivity contribution in [2.45, 2.75) is 13.3 Å². The molecular weight excluding hydrogens is 211 g/mol. The molecule has 0 atom stereocenters. The lowest BCUT2D eigenvalue weighted by molar-refractivity contribution is 0.0592. The van der Waals surface area contributed by atoms with Crippen molar-refractivity contribution in [2.24, 2.45) is 0 Å². The average Bonchev–Trinajstić information content (AvgIpc) is 2.20. The van der Waals surface area contributed by atoms with E-state index >= 15 is 0 Å². The van der Waals surface area contributed by atoms with Gasteiger partial charge in [0.05, 0.1) is 7.11 Å². The lowest BCUT2D eigenvalue weighted by atomic mass is 10.1. The number of aromatic nitrogens is 1. The van der Waals surface area contributed by atoms with E-state index in [1.54, 1.807) is 0 Å². The Morgan fingerprint density at radius 2 is 2.13 bits per heavy atom. The summed E-state index contributed by atoms with van der Waals surface area (Å²) in [4.78, 5) is 14.2. The van der Waals surface area contributed by atoms with E-state index in [4.69, 9.17) is 0 Å². The number of carbonyl (C=O) groups excluding carboxylic acids is 1. The zero-order chi connectivity index (χ0) is 11.6. The highest BCUT2D eigenvalue weighted by molar-refractivity contribution is 5.87. The molecule has 1 aromatic heterocycles. The molecule has 0 saturated carbocycles. The summed E-state index contributed by atoms with van der Waals surface area (Å²) in [6, 6.07) is 0.828. The number of rotatable bonds is 2. The molecule has 1 heterocycles. The van der Waals surface area contributed by atoms with E-state index in [0.29, 0.717) is 0 Å². The molecule has 82 valence electrons. The molecule has 6 heteroatoms. The molecule has 0 bridgehead atoms. The monoisotopic (exact) mass is 219 g/mol. The molecule has 0 saturated heterocycles. The second-order valence-corrected chi connectivity index (χ2v) is 2.80. The summed E-state index contributed by atoms with van der Waals surface area (Å²) in [6.45, 7) is 1.17. The van der Waals surface area contributed by atoms with Crippen LogP contribution >= 0.6 is 0 Å². The summed E-state index contributed by atoms with van der Waals surface area (Å²) >= 11 is 0. The first-order valence-electron chi connectivity index (χ1n) is 4.01. The van der Waals surface area contributed by atoms with E-state index in [1.165, 1.54) is 6.92 Å². The largest absolute Gasteiger partial charge is 0.464 e. The van der Waals surface area contributed by atoms with Gasteiger partial charge >= 0.3 is 5.97 Å². The molecule has 0 radical (unpaired) electrons. The van der Waals surface area contributed by atoms with Crippen LogP contribution in [0.15, 0.2) is 6.07 Å². The Labute approximate surface area is 83.9 Å². The lowest BCUT2D eigenvalue weighted by Gasteiger charge is -2.07. The summed E-state index contributed by atoms with van der Waals surface area (Å²) in [5, 5.41) is 0. The minimum Gasteiger partial charge on any atom is -0.464 e. The van der Waals surface area contributed by atoms with E-state index in [9.17, 15) is 18.0 Å². The second kappa shape index (κ2) is 4.29. The summed E-state index contributed by atoms with van der Waals surface area (Å²) in [5.74, 6) is -2.04. The Morgan fingerprint density at radius 1 is 1.53 bits per heavy atom. The van der Waals surface area contributed by atoms with Crippen molar-refractivity contribution in [3.63, 3.8) is 0 Å². The molecule has 15 heavy (non-hydrogen) atoms. The minimum atomic E-state index is -2.86. The zero-order valence-corrected chi connectivity index (χ0v) is 8.05. The van der Waals surface area contributed by atoms with Gasteiger partial charge in [0, 0.05) is 11.1 Å². The van der Waals surface area contributed by atoms with Crippen molar-refractivity contribution >= 4 is 5.97 Å². The van der Waals surface area contributed by atoms with Crippen molar-refractivity contribution in [2.75, 3.05) is 7.11 Å². The number of halogens is 3. The molecule has 0 amide bonds. The first kappa shape index (κ1) is 11.5. The van der Waals surface area contributed by atoms with Gasteiger partial charge in [-0.05, 0) is 13.0 Å². The Balaban J connectivity index is 3.29. The number of pyridine rings is 1. The molecule has 1 rings (SSSR count). The van der Waals surface area contributed by atoms with Crippen molar-refractivity contribution in [1.82, 2.24) is 4.98 Å². The Bertz CT molecular complexity index is 393. The number of esters is 1. The van der Waals surface area contributed by atoms with Crippen molar-refractivity contribution < 1.29 is 22.7 Å². The first-order valence-corrected chi connectivity index (χ1v) is 4.01. The molecular formula is C9H8F3NO2. The van der Waals surface area contributed by atoms with E-state index in [-0.39, 0.29) is 5.56 Å². The Kier molecular flexibility index (Phi) is 3.28. The lowest BCUT2D eigenvalue weighted by Crippen LogP contribution is -2.09. The van der Waals surface area contributed by atoms with Crippen LogP contribution in [-0.4, -0.2) is 18.1 Å². The van der Waals surface area contributed by atoms with E-state index in [0.717, 1.165) is 13.2 Å². The number of nitrogens with zero attached hydrogens (tertiary/aromatic N) is 1. The van der Waals surface area contributed by atoms with Gasteiger partial charge in [0.1, 0.15) is 0 Å². The fourth-order valence-electron chi connectivity index (χ4n) is 1.03. The van der Waals surface area contributed by atoms with Gasteiger partial charge in [-0.1, -0.05) is 0 Å². The van der Waals surface area contributed by atoms with Crippen molar-refractivity contribution in [1.29, 1.82) is 0 Å². The molecule has 0 N–H and O–H groups in total. The molecule has 0 aromatic carbocycles. The van der Waals surface area contributed by atoms with Gasteiger partial charge in [0.15, 0.2) is 5.69 Å². The number of methoxy groups -OCH3 is 1. The van der Waals surface area contributed by atoms with Gasteiger partial charge < -0.3 is 4.74 Å². The summed E-state index contributed by atoms with van der Waals surface area (Å²) in [6.07, 6.45) is -2.86. The topological polar surface area (TPSA) is 39.2 Å². The maximum Gasteiger partial charge on any atom is 0.356 e. The molecule has 0 aliphatic carbocycles. The fourth-order valence-corrected chi connectivity index (χ4v) is 1.03. The molecule has 0 unspecified atom stereocenters. The van der Waals surface area contributed by atoms with Crippen LogP contribution in [0.4, 0.5) is 13.2 Å². The van der Waals surface area contributed by atoms with Crippen LogP contribution in [0.25, 0.3) is 0 Å². The summed E-state index contributed by atoms with van der Waals surface area (Å²) in [7, 11) is 1.06. The molecule has 0 spiro atoms. The zero-order valence-electron chi connectivity index (χ0n) is 8.05. The first-order chi connectivity index (χ1) is 6.97. The van der Waals surface area contributed by atoms with Crippen LogP contribution in [0, 0.1) is 12.9 Å². The molecule has 0 fully saturated rings. The number of carbonyl (C=O) groups is 1.